The first-order chi connectivity index (χ1) is 42.4. The van der Waals surface area contributed by atoms with E-state index in [0.29, 0.717) is 66.3 Å². The molecule has 2 aliphatic rings. The monoisotopic (exact) mass is 1240 g/mol. The number of unbranched alkanes of at least 4 members (excludes halogenated alkanes) is 4. The van der Waals surface area contributed by atoms with Crippen LogP contribution in [0.25, 0.3) is 32.0 Å². The first-order valence-electron chi connectivity index (χ1n) is 30.1. The molecule has 0 aliphatic carbocycles. The van der Waals surface area contributed by atoms with E-state index in [0.717, 1.165) is 109 Å². The minimum atomic E-state index is -0.880. The molecule has 6 heterocycles. The summed E-state index contributed by atoms with van der Waals surface area (Å²) >= 11 is 4.49. The summed E-state index contributed by atoms with van der Waals surface area (Å²) in [5.41, 5.74) is 10.8. The van der Waals surface area contributed by atoms with Crippen LogP contribution in [0.3, 0.4) is 0 Å². The number of carbonyl (C=O) groups is 5. The number of amides is 4. The predicted octanol–water partition coefficient (Wildman–Crippen LogP) is 11.8. The third-order valence-corrected chi connectivity index (χ3v) is 19.4. The zero-order valence-corrected chi connectivity index (χ0v) is 53.3. The highest BCUT2D eigenvalue weighted by Crippen LogP contribution is 2.35. The first-order valence-corrected chi connectivity index (χ1v) is 32.7. The van der Waals surface area contributed by atoms with Gasteiger partial charge >= 0.3 is 5.97 Å². The van der Waals surface area contributed by atoms with Gasteiger partial charge in [0.15, 0.2) is 21.8 Å². The Bertz CT molecular complexity index is 3750. The second-order valence-electron chi connectivity index (χ2n) is 23.8. The average molecular weight is 1250 g/mol. The molecule has 460 valence electrons. The van der Waals surface area contributed by atoms with Gasteiger partial charge in [-0.2, -0.15) is 0 Å². The Hall–Kier alpha value is -7.98. The third kappa shape index (κ3) is 15.3. The van der Waals surface area contributed by atoms with Gasteiger partial charge in [0.1, 0.15) is 17.8 Å². The number of hydrogen-bond acceptors (Lipinski definition) is 17. The molecule has 21 heteroatoms. The molecule has 4 aromatic heterocycles. The van der Waals surface area contributed by atoms with E-state index in [1.165, 1.54) is 34.7 Å². The minimum absolute atomic E-state index is 0.0138. The summed E-state index contributed by atoms with van der Waals surface area (Å²) in [6.07, 6.45) is 10.5. The lowest BCUT2D eigenvalue weighted by atomic mass is 9.85. The van der Waals surface area contributed by atoms with Crippen molar-refractivity contribution in [1.29, 1.82) is 0 Å². The molecule has 4 aromatic carbocycles. The van der Waals surface area contributed by atoms with Crippen LogP contribution in [0.15, 0.2) is 103 Å². The molecular formula is C67H76N10O8S3. The molecule has 4 amide bonds. The topological polar surface area (TPSA) is 231 Å². The quantitative estimate of drug-likeness (QED) is 0.0326. The summed E-state index contributed by atoms with van der Waals surface area (Å²) < 4.78 is 12.4. The lowest BCUT2D eigenvalue weighted by Crippen LogP contribution is -2.57. The molecule has 4 N–H and O–H groups in total. The standard InChI is InChI=1S/C67H76N10O8S3/c1-40-33-48(85-32-16-22-55-57(64(83)84-7)74-66(88-55)76-31-30-45-18-15-19-50(51(45)38-76)61(80)75-65-72-52-20-13-14-21-54(52)87-65)28-29-49(40)60-68-35-43(36-69-60)17-11-9-8-10-12-23-56(79)73-59(67(4,5)6)63(82)77-37-47(78)34-53(77)62(81)71-41(2)44-24-26-46(27-25-44)58-42(3)70-39-86-58/h13-15,18-21,24-29,33,35-36,39,41,47,53,59,78H,8-12,16-17,22-23,30-32,34,37-38H2,1-7H3,(H,71,81)(H,73,79)(H,72,75,80)/t41-,47+,53-,59+/m0/s1. The number of methoxy groups -OCH3 is 1. The number of thiazole rings is 3. The average Bonchev–Trinajstić information content (AvgIpc) is 4.35. The van der Waals surface area contributed by atoms with Gasteiger partial charge in [-0.3, -0.25) is 24.5 Å². The minimum Gasteiger partial charge on any atom is -0.494 e. The van der Waals surface area contributed by atoms with Crippen LogP contribution in [0, 0.1) is 19.3 Å². The highest BCUT2D eigenvalue weighted by atomic mass is 32.1. The van der Waals surface area contributed by atoms with Crippen molar-refractivity contribution in [3.8, 4) is 27.6 Å². The van der Waals surface area contributed by atoms with Crippen molar-refractivity contribution in [3.05, 3.63) is 152 Å². The van der Waals surface area contributed by atoms with Crippen molar-refractivity contribution in [2.75, 3.05) is 37.0 Å². The molecule has 18 nitrogen and oxygen atoms in total. The Kier molecular flexibility index (Phi) is 20.4. The number of benzene rings is 4. The molecule has 0 bridgehead atoms. The van der Waals surface area contributed by atoms with Crippen molar-refractivity contribution in [1.82, 2.24) is 40.5 Å². The number of carbonyl (C=O) groups excluding carboxylic acids is 5. The molecule has 2 aliphatic heterocycles. The van der Waals surface area contributed by atoms with Crippen LogP contribution in [0.1, 0.15) is 144 Å². The SMILES string of the molecule is COC(=O)c1nc(N2CCc3cccc(C(=O)Nc4nc5ccccc5s4)c3C2)sc1CCCOc1ccc(-c2ncc(CCCCCCCC(=O)N[C@H](C(=O)N3C[C@H](O)C[C@H]3C(=O)N[C@@H](C)c3ccc(-c4scnc4C)cc3)C(C)(C)C)cn2)c(C)c1. The maximum absolute atomic E-state index is 14.2. The number of hydrogen-bond donors (Lipinski definition) is 4. The smallest absolute Gasteiger partial charge is 0.357 e. The van der Waals surface area contributed by atoms with Crippen molar-refractivity contribution in [2.45, 2.75) is 143 Å². The molecule has 0 saturated carbocycles. The number of aromatic nitrogens is 5. The van der Waals surface area contributed by atoms with Crippen LogP contribution in [-0.4, -0.2) is 110 Å². The Morgan fingerprint density at radius 2 is 1.61 bits per heavy atom. The summed E-state index contributed by atoms with van der Waals surface area (Å²) in [5.74, 6) is -0.284. The summed E-state index contributed by atoms with van der Waals surface area (Å²) in [6, 6.07) is 25.4. The number of para-hydroxylation sites is 1. The highest BCUT2D eigenvalue weighted by Gasteiger charge is 2.45. The van der Waals surface area contributed by atoms with Gasteiger partial charge in [-0.1, -0.05) is 99.9 Å². The van der Waals surface area contributed by atoms with Crippen molar-refractivity contribution >= 4 is 84.1 Å². The van der Waals surface area contributed by atoms with Gasteiger partial charge in [0.25, 0.3) is 5.91 Å². The molecule has 0 radical (unpaired) electrons. The van der Waals surface area contributed by atoms with E-state index in [1.807, 2.05) is 138 Å². The van der Waals surface area contributed by atoms with E-state index >= 15 is 0 Å². The second-order valence-corrected chi connectivity index (χ2v) is 26.8. The summed E-state index contributed by atoms with van der Waals surface area (Å²) in [5, 5.41) is 21.0. The number of aliphatic hydroxyl groups excluding tert-OH is 1. The van der Waals surface area contributed by atoms with Crippen LogP contribution < -0.4 is 25.6 Å². The van der Waals surface area contributed by atoms with Gasteiger partial charge in [0.05, 0.1) is 52.2 Å². The lowest BCUT2D eigenvalue weighted by molar-refractivity contribution is -0.144. The maximum Gasteiger partial charge on any atom is 0.357 e. The van der Waals surface area contributed by atoms with E-state index in [-0.39, 0.29) is 49.1 Å². The summed E-state index contributed by atoms with van der Waals surface area (Å²) in [6.45, 7) is 13.1. The molecule has 4 atom stereocenters. The molecule has 0 spiro atoms. The number of likely N-dealkylation sites (tertiary alicyclic amines) is 1. The summed E-state index contributed by atoms with van der Waals surface area (Å²) in [7, 11) is 1.36. The number of aryl methyl sites for hydroxylation is 4. The number of fused-ring (bicyclic) bond motifs is 2. The number of anilines is 2. The normalized spacial score (nSPS) is 15.6. The predicted molar refractivity (Wildman–Crippen MR) is 346 cm³/mol. The Labute approximate surface area is 525 Å². The summed E-state index contributed by atoms with van der Waals surface area (Å²) in [4.78, 5) is 96.6. The third-order valence-electron chi connectivity index (χ3n) is 16.3. The van der Waals surface area contributed by atoms with Crippen molar-refractivity contribution in [2.24, 2.45) is 5.41 Å². The van der Waals surface area contributed by atoms with Crippen LogP contribution in [-0.2, 0) is 44.9 Å². The number of nitrogens with zero attached hydrogens (tertiary/aromatic N) is 7. The number of aliphatic hydroxyl groups is 1. The Balaban J connectivity index is 0.636. The van der Waals surface area contributed by atoms with Gasteiger partial charge < -0.3 is 35.0 Å². The van der Waals surface area contributed by atoms with Gasteiger partial charge in [0.2, 0.25) is 17.7 Å². The van der Waals surface area contributed by atoms with E-state index in [4.69, 9.17) is 24.4 Å². The van der Waals surface area contributed by atoms with Crippen molar-refractivity contribution < 1.29 is 38.6 Å². The molecule has 88 heavy (non-hydrogen) atoms. The molecular weight excluding hydrogens is 1170 g/mol. The number of nitrogens with one attached hydrogen (secondary N) is 3. The second kappa shape index (κ2) is 28.5. The van der Waals surface area contributed by atoms with Crippen LogP contribution >= 0.6 is 34.0 Å². The van der Waals surface area contributed by atoms with E-state index in [2.05, 4.69) is 36.9 Å². The van der Waals surface area contributed by atoms with E-state index < -0.39 is 29.6 Å². The number of rotatable bonds is 24. The molecule has 0 unspecified atom stereocenters. The van der Waals surface area contributed by atoms with Crippen molar-refractivity contribution in [3.63, 3.8) is 0 Å². The van der Waals surface area contributed by atoms with Gasteiger partial charge in [-0.05, 0) is 134 Å². The van der Waals surface area contributed by atoms with E-state index in [9.17, 15) is 29.1 Å². The Morgan fingerprint density at radius 3 is 2.35 bits per heavy atom. The number of esters is 1. The highest BCUT2D eigenvalue weighted by molar-refractivity contribution is 7.22. The van der Waals surface area contributed by atoms with Gasteiger partial charge in [-0.15, -0.1) is 22.7 Å². The van der Waals surface area contributed by atoms with Crippen LogP contribution in [0.5, 0.6) is 5.75 Å². The zero-order chi connectivity index (χ0) is 62.1. The van der Waals surface area contributed by atoms with Crippen LogP contribution in [0.2, 0.25) is 0 Å². The van der Waals surface area contributed by atoms with Gasteiger partial charge in [0, 0.05) is 60.9 Å². The fraction of sp³-hybridized carbons (Fsp3) is 0.403. The number of ether oxygens (including phenoxy) is 2. The fourth-order valence-corrected chi connectivity index (χ4v) is 14.2. The Morgan fingerprint density at radius 1 is 0.841 bits per heavy atom. The largest absolute Gasteiger partial charge is 0.494 e. The zero-order valence-electron chi connectivity index (χ0n) is 50.9. The van der Waals surface area contributed by atoms with Gasteiger partial charge in [-0.25, -0.2) is 29.7 Å². The van der Waals surface area contributed by atoms with Crippen LogP contribution in [0.4, 0.5) is 10.3 Å². The molecule has 10 rings (SSSR count). The molecule has 8 aromatic rings. The molecule has 1 saturated heterocycles. The lowest BCUT2D eigenvalue weighted by Gasteiger charge is -2.35. The maximum atomic E-state index is 14.2. The fourth-order valence-electron chi connectivity index (χ4n) is 11.4. The molecule has 1 fully saturated rings. The van der Waals surface area contributed by atoms with E-state index in [1.54, 1.807) is 11.3 Å². The number of β-amino-alcohol motifs (C(OH)–C–C–N with tert-alkyl or cyclic N) is 1. The first kappa shape index (κ1) is 63.1.